The number of nitrogens with two attached hydrogens (primary N) is 1. The van der Waals surface area contributed by atoms with Crippen LogP contribution < -0.4 is 11.1 Å². The van der Waals surface area contributed by atoms with Crippen molar-refractivity contribution < 1.29 is 9.53 Å². The molecule has 0 aliphatic heterocycles. The molecule has 0 atom stereocenters. The quantitative estimate of drug-likeness (QED) is 0.758. The minimum atomic E-state index is -0.663. The summed E-state index contributed by atoms with van der Waals surface area (Å²) in [6, 6.07) is 0. The van der Waals surface area contributed by atoms with Gasteiger partial charge in [0.15, 0.2) is 0 Å². The molecule has 0 radical (unpaired) electrons. The molecule has 1 aliphatic rings. The third-order valence-corrected chi connectivity index (χ3v) is 3.92. The Morgan fingerprint density at radius 3 is 2.95 bits per heavy atom. The summed E-state index contributed by atoms with van der Waals surface area (Å²) in [7, 11) is 1.63. The summed E-state index contributed by atoms with van der Waals surface area (Å²) in [5.74, 6) is -0.127. The lowest BCUT2D eigenvalue weighted by Crippen LogP contribution is -2.50. The SMILES string of the molecule is COCCn1cc(NC(=O)C2(C(N)=S)CCC2)cn1. The molecule has 3 N–H and O–H groups in total. The Morgan fingerprint density at radius 2 is 2.42 bits per heavy atom. The average Bonchev–Trinajstić information content (AvgIpc) is 2.71. The summed E-state index contributed by atoms with van der Waals surface area (Å²) >= 11 is 5.02. The molecule has 1 aromatic rings. The summed E-state index contributed by atoms with van der Waals surface area (Å²) in [6.45, 7) is 1.22. The molecule has 6 nitrogen and oxygen atoms in total. The predicted molar refractivity (Wildman–Crippen MR) is 75.8 cm³/mol. The Hall–Kier alpha value is -1.47. The number of methoxy groups -OCH3 is 1. The largest absolute Gasteiger partial charge is 0.392 e. The van der Waals surface area contributed by atoms with Crippen molar-refractivity contribution >= 4 is 28.8 Å². The van der Waals surface area contributed by atoms with Gasteiger partial charge in [-0.3, -0.25) is 9.48 Å². The zero-order chi connectivity index (χ0) is 13.9. The van der Waals surface area contributed by atoms with Crippen molar-refractivity contribution in [3.05, 3.63) is 12.4 Å². The van der Waals surface area contributed by atoms with Crippen molar-refractivity contribution in [1.82, 2.24) is 9.78 Å². The Labute approximate surface area is 117 Å². The smallest absolute Gasteiger partial charge is 0.237 e. The number of carbonyl (C=O) groups is 1. The summed E-state index contributed by atoms with van der Waals surface area (Å²) in [5, 5.41) is 6.97. The van der Waals surface area contributed by atoms with Gasteiger partial charge in [0.1, 0.15) is 0 Å². The van der Waals surface area contributed by atoms with Crippen LogP contribution in [0.2, 0.25) is 0 Å². The van der Waals surface area contributed by atoms with Crippen LogP contribution in [-0.2, 0) is 16.1 Å². The number of thiocarbonyl (C=S) groups is 1. The molecule has 1 amide bonds. The predicted octanol–water partition coefficient (Wildman–Crippen LogP) is 0.924. The molecule has 0 unspecified atom stereocenters. The van der Waals surface area contributed by atoms with Crippen LogP contribution in [0.4, 0.5) is 5.69 Å². The molecule has 1 aliphatic carbocycles. The van der Waals surface area contributed by atoms with Crippen molar-refractivity contribution in [1.29, 1.82) is 0 Å². The second-order valence-electron chi connectivity index (χ2n) is 4.74. The number of ether oxygens (including phenoxy) is 1. The highest BCUT2D eigenvalue weighted by Gasteiger charge is 2.47. The zero-order valence-corrected chi connectivity index (χ0v) is 11.7. The van der Waals surface area contributed by atoms with Crippen LogP contribution >= 0.6 is 12.2 Å². The highest BCUT2D eigenvalue weighted by molar-refractivity contribution is 7.80. The van der Waals surface area contributed by atoms with Crippen LogP contribution in [0.5, 0.6) is 0 Å². The standard InChI is InChI=1S/C12H18N4O2S/c1-18-6-5-16-8-9(7-14-16)15-11(17)12(10(13)19)3-2-4-12/h7-8H,2-6H2,1H3,(H2,13,19)(H,15,17). The van der Waals surface area contributed by atoms with Crippen LogP contribution in [0.15, 0.2) is 12.4 Å². The molecule has 1 aromatic heterocycles. The van der Waals surface area contributed by atoms with E-state index < -0.39 is 5.41 Å². The molecule has 19 heavy (non-hydrogen) atoms. The topological polar surface area (TPSA) is 82.2 Å². The second-order valence-corrected chi connectivity index (χ2v) is 5.18. The molecule has 1 heterocycles. The molecule has 0 spiro atoms. The number of anilines is 1. The van der Waals surface area contributed by atoms with Crippen LogP contribution in [0, 0.1) is 5.41 Å². The average molecular weight is 282 g/mol. The maximum absolute atomic E-state index is 12.2. The fourth-order valence-corrected chi connectivity index (χ4v) is 2.40. The molecule has 0 aromatic carbocycles. The van der Waals surface area contributed by atoms with Crippen LogP contribution in [0.3, 0.4) is 0 Å². The van der Waals surface area contributed by atoms with E-state index in [4.69, 9.17) is 22.7 Å². The first kappa shape index (κ1) is 14.0. The third kappa shape index (κ3) is 2.76. The van der Waals surface area contributed by atoms with Crippen LogP contribution in [0.25, 0.3) is 0 Å². The van der Waals surface area contributed by atoms with E-state index in [0.717, 1.165) is 19.3 Å². The minimum Gasteiger partial charge on any atom is -0.392 e. The van der Waals surface area contributed by atoms with E-state index in [1.54, 1.807) is 24.2 Å². The maximum Gasteiger partial charge on any atom is 0.237 e. The number of hydrogen-bond acceptors (Lipinski definition) is 4. The first-order valence-corrected chi connectivity index (χ1v) is 6.62. The highest BCUT2D eigenvalue weighted by Crippen LogP contribution is 2.42. The highest BCUT2D eigenvalue weighted by atomic mass is 32.1. The molecule has 1 saturated carbocycles. The number of carbonyl (C=O) groups excluding carboxylic acids is 1. The number of hydrogen-bond donors (Lipinski definition) is 2. The Morgan fingerprint density at radius 1 is 1.68 bits per heavy atom. The van der Waals surface area contributed by atoms with Gasteiger partial charge in [0.25, 0.3) is 0 Å². The van der Waals surface area contributed by atoms with E-state index >= 15 is 0 Å². The summed E-state index contributed by atoms with van der Waals surface area (Å²) in [6.07, 6.45) is 5.82. The molecular weight excluding hydrogens is 264 g/mol. The van der Waals surface area contributed by atoms with E-state index in [1.807, 2.05) is 0 Å². The van der Waals surface area contributed by atoms with Gasteiger partial charge in [-0.1, -0.05) is 18.6 Å². The molecule has 1 fully saturated rings. The van der Waals surface area contributed by atoms with Gasteiger partial charge in [0.2, 0.25) is 5.91 Å². The molecule has 0 saturated heterocycles. The summed E-state index contributed by atoms with van der Waals surface area (Å²) in [4.78, 5) is 12.5. The second kappa shape index (κ2) is 5.66. The van der Waals surface area contributed by atoms with Gasteiger partial charge in [-0.05, 0) is 12.8 Å². The van der Waals surface area contributed by atoms with E-state index in [-0.39, 0.29) is 10.9 Å². The first-order valence-electron chi connectivity index (χ1n) is 6.21. The monoisotopic (exact) mass is 282 g/mol. The third-order valence-electron chi connectivity index (χ3n) is 3.53. The Bertz CT molecular complexity index is 482. The lowest BCUT2D eigenvalue weighted by atomic mass is 9.68. The molecule has 7 heteroatoms. The number of nitrogens with zero attached hydrogens (tertiary/aromatic N) is 2. The number of amides is 1. The molecule has 0 bridgehead atoms. The van der Waals surface area contributed by atoms with Gasteiger partial charge in [-0.25, -0.2) is 0 Å². The van der Waals surface area contributed by atoms with Gasteiger partial charge in [0, 0.05) is 13.3 Å². The number of nitrogens with one attached hydrogen (secondary N) is 1. The van der Waals surface area contributed by atoms with E-state index in [2.05, 4.69) is 10.4 Å². The van der Waals surface area contributed by atoms with E-state index in [9.17, 15) is 4.79 Å². The van der Waals surface area contributed by atoms with Crippen molar-refractivity contribution in [3.8, 4) is 0 Å². The van der Waals surface area contributed by atoms with E-state index in [1.165, 1.54) is 0 Å². The van der Waals surface area contributed by atoms with Crippen LogP contribution in [-0.4, -0.2) is 34.4 Å². The lowest BCUT2D eigenvalue weighted by molar-refractivity contribution is -0.125. The van der Waals surface area contributed by atoms with Gasteiger partial charge in [-0.15, -0.1) is 0 Å². The summed E-state index contributed by atoms with van der Waals surface area (Å²) in [5.41, 5.74) is 5.68. The Balaban J connectivity index is 1.99. The van der Waals surface area contributed by atoms with Gasteiger partial charge in [-0.2, -0.15) is 5.10 Å². The lowest BCUT2D eigenvalue weighted by Gasteiger charge is -2.38. The fraction of sp³-hybridized carbons (Fsp3) is 0.583. The molecular formula is C12H18N4O2S. The van der Waals surface area contributed by atoms with Gasteiger partial charge in [0.05, 0.1) is 35.4 Å². The van der Waals surface area contributed by atoms with Crippen molar-refractivity contribution in [2.75, 3.05) is 19.0 Å². The molecule has 2 rings (SSSR count). The number of rotatable bonds is 6. The number of aromatic nitrogens is 2. The molecule has 104 valence electrons. The minimum absolute atomic E-state index is 0.127. The van der Waals surface area contributed by atoms with Gasteiger partial charge < -0.3 is 15.8 Å². The fourth-order valence-electron chi connectivity index (χ4n) is 2.10. The Kier molecular flexibility index (Phi) is 4.16. The van der Waals surface area contributed by atoms with Crippen molar-refractivity contribution in [2.24, 2.45) is 11.1 Å². The first-order chi connectivity index (χ1) is 9.08. The zero-order valence-electron chi connectivity index (χ0n) is 10.9. The van der Waals surface area contributed by atoms with Gasteiger partial charge >= 0.3 is 0 Å². The van der Waals surface area contributed by atoms with Crippen molar-refractivity contribution in [3.63, 3.8) is 0 Å². The van der Waals surface area contributed by atoms with Crippen molar-refractivity contribution in [2.45, 2.75) is 25.8 Å². The summed E-state index contributed by atoms with van der Waals surface area (Å²) < 4.78 is 6.68. The van der Waals surface area contributed by atoms with E-state index in [0.29, 0.717) is 18.8 Å². The van der Waals surface area contributed by atoms with Crippen LogP contribution in [0.1, 0.15) is 19.3 Å². The normalized spacial score (nSPS) is 16.7. The maximum atomic E-state index is 12.2.